The molecule has 0 spiro atoms. The van der Waals surface area contributed by atoms with Crippen LogP contribution in [0.4, 0.5) is 0 Å². The molecule has 0 aromatic heterocycles. The maximum absolute atomic E-state index is 13.2. The molecule has 0 fully saturated rings. The molecular weight excluding hydrogens is 455 g/mol. The van der Waals surface area contributed by atoms with Gasteiger partial charge >= 0.3 is 0 Å². The summed E-state index contributed by atoms with van der Waals surface area (Å²) < 4.78 is 5.29. The minimum absolute atomic E-state index is 0.117. The molecule has 0 radical (unpaired) electrons. The van der Waals surface area contributed by atoms with Crippen molar-refractivity contribution in [3.8, 4) is 5.75 Å². The van der Waals surface area contributed by atoms with Crippen LogP contribution in [0, 0.1) is 0 Å². The summed E-state index contributed by atoms with van der Waals surface area (Å²) in [6.07, 6.45) is 0.516. The van der Waals surface area contributed by atoms with Gasteiger partial charge in [-0.25, -0.2) is 0 Å². The number of halogens is 2. The highest BCUT2D eigenvalue weighted by Gasteiger charge is 2.28. The molecule has 0 aliphatic rings. The molecular formula is C23H28Cl2N2O3S. The molecule has 0 unspecified atom stereocenters. The van der Waals surface area contributed by atoms with Gasteiger partial charge in [-0.1, -0.05) is 48.3 Å². The van der Waals surface area contributed by atoms with E-state index in [1.54, 1.807) is 30.2 Å². The first-order chi connectivity index (χ1) is 14.9. The largest absolute Gasteiger partial charge is 0.497 e. The molecule has 168 valence electrons. The van der Waals surface area contributed by atoms with Gasteiger partial charge in [-0.3, -0.25) is 9.59 Å². The van der Waals surface area contributed by atoms with Crippen molar-refractivity contribution in [1.82, 2.24) is 10.2 Å². The Bertz CT molecular complexity index is 875. The number of amides is 2. The van der Waals surface area contributed by atoms with E-state index in [1.165, 1.54) is 11.8 Å². The summed E-state index contributed by atoms with van der Waals surface area (Å²) in [5.74, 6) is 1.16. The Labute approximate surface area is 198 Å². The van der Waals surface area contributed by atoms with Gasteiger partial charge < -0.3 is 15.0 Å². The molecule has 5 nitrogen and oxygen atoms in total. The topological polar surface area (TPSA) is 58.6 Å². The average Bonchev–Trinajstić information content (AvgIpc) is 2.76. The minimum Gasteiger partial charge on any atom is -0.497 e. The number of nitrogens with zero attached hydrogens (tertiary/aromatic N) is 1. The molecule has 31 heavy (non-hydrogen) atoms. The summed E-state index contributed by atoms with van der Waals surface area (Å²) in [7, 11) is 1.60. The Morgan fingerprint density at radius 3 is 2.42 bits per heavy atom. The van der Waals surface area contributed by atoms with Gasteiger partial charge in [-0.15, -0.1) is 11.8 Å². The van der Waals surface area contributed by atoms with E-state index in [9.17, 15) is 9.59 Å². The predicted molar refractivity (Wildman–Crippen MR) is 129 cm³/mol. The third-order valence-corrected chi connectivity index (χ3v) is 6.41. The molecule has 0 aliphatic heterocycles. The van der Waals surface area contributed by atoms with Crippen molar-refractivity contribution < 1.29 is 14.3 Å². The number of methoxy groups -OCH3 is 1. The van der Waals surface area contributed by atoms with E-state index in [1.807, 2.05) is 38.1 Å². The van der Waals surface area contributed by atoms with E-state index in [0.29, 0.717) is 41.1 Å². The molecule has 2 aromatic rings. The third kappa shape index (κ3) is 7.34. The lowest BCUT2D eigenvalue weighted by Gasteiger charge is -2.30. The Morgan fingerprint density at radius 2 is 1.81 bits per heavy atom. The zero-order valence-corrected chi connectivity index (χ0v) is 20.3. The number of hydrogen-bond acceptors (Lipinski definition) is 4. The molecule has 1 N–H and O–H groups in total. The van der Waals surface area contributed by atoms with Crippen molar-refractivity contribution in [1.29, 1.82) is 0 Å². The number of thioether (sulfide) groups is 1. The molecule has 2 rings (SSSR count). The minimum atomic E-state index is -0.553. The van der Waals surface area contributed by atoms with Crippen LogP contribution in [-0.2, 0) is 21.9 Å². The van der Waals surface area contributed by atoms with Gasteiger partial charge in [0.2, 0.25) is 11.8 Å². The molecule has 0 saturated heterocycles. The van der Waals surface area contributed by atoms with Gasteiger partial charge in [-0.05, 0) is 48.7 Å². The molecule has 2 amide bonds. The molecule has 0 bridgehead atoms. The lowest BCUT2D eigenvalue weighted by atomic mass is 10.1. The molecule has 1 atom stereocenters. The van der Waals surface area contributed by atoms with Crippen LogP contribution < -0.4 is 10.1 Å². The average molecular weight is 483 g/mol. The first-order valence-corrected chi connectivity index (χ1v) is 12.0. The number of likely N-dealkylation sites (N-methyl/N-ethyl adjacent to an activating group) is 1. The number of nitrogens with one attached hydrogen (secondary N) is 1. The van der Waals surface area contributed by atoms with Gasteiger partial charge in [0.05, 0.1) is 12.9 Å². The highest BCUT2D eigenvalue weighted by atomic mass is 35.5. The fourth-order valence-electron chi connectivity index (χ4n) is 3.17. The first kappa shape index (κ1) is 25.4. The Hall–Kier alpha value is -1.89. The second-order valence-electron chi connectivity index (χ2n) is 6.88. The maximum atomic E-state index is 13.2. The SMILES string of the molecule is CCNC(=O)[C@@H](CC)N(Cc1cccc(OC)c1)C(=O)CSCc1c(Cl)cccc1Cl. The van der Waals surface area contributed by atoms with Crippen molar-refractivity contribution in [2.75, 3.05) is 19.4 Å². The van der Waals surface area contributed by atoms with Crippen LogP contribution in [0.5, 0.6) is 5.75 Å². The summed E-state index contributed by atoms with van der Waals surface area (Å²) in [6.45, 7) is 4.60. The quantitative estimate of drug-likeness (QED) is 0.479. The normalized spacial score (nSPS) is 11.6. The summed E-state index contributed by atoms with van der Waals surface area (Å²) in [4.78, 5) is 27.5. The maximum Gasteiger partial charge on any atom is 0.242 e. The second kappa shape index (κ2) is 12.8. The lowest BCUT2D eigenvalue weighted by Crippen LogP contribution is -2.49. The molecule has 0 heterocycles. The molecule has 8 heteroatoms. The van der Waals surface area contributed by atoms with E-state index >= 15 is 0 Å². The van der Waals surface area contributed by atoms with Gasteiger partial charge in [-0.2, -0.15) is 0 Å². The number of ether oxygens (including phenoxy) is 1. The Morgan fingerprint density at radius 1 is 1.13 bits per heavy atom. The number of hydrogen-bond donors (Lipinski definition) is 1. The zero-order chi connectivity index (χ0) is 22.8. The summed E-state index contributed by atoms with van der Waals surface area (Å²) in [5, 5.41) is 3.99. The van der Waals surface area contributed by atoms with E-state index < -0.39 is 6.04 Å². The van der Waals surface area contributed by atoms with E-state index in [-0.39, 0.29) is 17.6 Å². The van der Waals surface area contributed by atoms with Crippen LogP contribution in [0.1, 0.15) is 31.4 Å². The fraction of sp³-hybridized carbons (Fsp3) is 0.391. The predicted octanol–water partition coefficient (Wildman–Crippen LogP) is 5.18. The van der Waals surface area contributed by atoms with E-state index in [2.05, 4.69) is 5.32 Å². The van der Waals surface area contributed by atoms with Crippen molar-refractivity contribution >= 4 is 46.8 Å². The van der Waals surface area contributed by atoms with Crippen molar-refractivity contribution in [3.05, 3.63) is 63.6 Å². The highest BCUT2D eigenvalue weighted by molar-refractivity contribution is 7.99. The van der Waals surface area contributed by atoms with Crippen LogP contribution in [0.3, 0.4) is 0 Å². The molecule has 0 aliphatic carbocycles. The number of carbonyl (C=O) groups excluding carboxylic acids is 2. The summed E-state index contributed by atoms with van der Waals surface area (Å²) in [6, 6.07) is 12.3. The monoisotopic (exact) mass is 482 g/mol. The van der Waals surface area contributed by atoms with Gasteiger partial charge in [0.1, 0.15) is 11.8 Å². The van der Waals surface area contributed by atoms with Gasteiger partial charge in [0.25, 0.3) is 0 Å². The lowest BCUT2D eigenvalue weighted by molar-refractivity contribution is -0.139. The van der Waals surface area contributed by atoms with Crippen LogP contribution >= 0.6 is 35.0 Å². The fourth-order valence-corrected chi connectivity index (χ4v) is 4.82. The van der Waals surface area contributed by atoms with Crippen LogP contribution in [0.15, 0.2) is 42.5 Å². The van der Waals surface area contributed by atoms with Crippen molar-refractivity contribution in [2.45, 2.75) is 38.6 Å². The Kier molecular flexibility index (Phi) is 10.5. The second-order valence-corrected chi connectivity index (χ2v) is 8.68. The summed E-state index contributed by atoms with van der Waals surface area (Å²) >= 11 is 13.9. The van der Waals surface area contributed by atoms with Gasteiger partial charge in [0, 0.05) is 28.9 Å². The molecule has 0 saturated carbocycles. The number of benzene rings is 2. The van der Waals surface area contributed by atoms with Gasteiger partial charge in [0.15, 0.2) is 0 Å². The standard InChI is InChI=1S/C23H28Cl2N2O3S/c1-4-21(23(29)26-5-2)27(13-16-8-6-9-17(12-16)30-3)22(28)15-31-14-18-19(24)10-7-11-20(18)25/h6-12,21H,4-5,13-15H2,1-3H3,(H,26,29)/t21-/m1/s1. The first-order valence-electron chi connectivity index (χ1n) is 10.1. The number of rotatable bonds is 11. The molecule has 2 aromatic carbocycles. The highest BCUT2D eigenvalue weighted by Crippen LogP contribution is 2.28. The third-order valence-electron chi connectivity index (χ3n) is 4.76. The van der Waals surface area contributed by atoms with Crippen molar-refractivity contribution in [2.24, 2.45) is 0 Å². The summed E-state index contributed by atoms with van der Waals surface area (Å²) in [5.41, 5.74) is 1.70. The van der Waals surface area contributed by atoms with E-state index in [4.69, 9.17) is 27.9 Å². The Balaban J connectivity index is 2.17. The van der Waals surface area contributed by atoms with Crippen LogP contribution in [-0.4, -0.2) is 42.2 Å². The number of carbonyl (C=O) groups is 2. The van der Waals surface area contributed by atoms with Crippen LogP contribution in [0.25, 0.3) is 0 Å². The van der Waals surface area contributed by atoms with Crippen LogP contribution in [0.2, 0.25) is 10.0 Å². The zero-order valence-electron chi connectivity index (χ0n) is 18.0. The smallest absolute Gasteiger partial charge is 0.242 e. The van der Waals surface area contributed by atoms with E-state index in [0.717, 1.165) is 11.1 Å². The van der Waals surface area contributed by atoms with Crippen molar-refractivity contribution in [3.63, 3.8) is 0 Å².